The van der Waals surface area contributed by atoms with Crippen molar-refractivity contribution in [3.63, 3.8) is 0 Å². The number of likely N-dealkylation sites (N-methyl/N-ethyl adjacent to an activating group) is 1. The highest BCUT2D eigenvalue weighted by molar-refractivity contribution is 4.94. The third-order valence-corrected chi connectivity index (χ3v) is 4.01. The summed E-state index contributed by atoms with van der Waals surface area (Å²) in [5.74, 6) is 0.856. The van der Waals surface area contributed by atoms with Crippen molar-refractivity contribution in [3.8, 4) is 0 Å². The Balaban J connectivity index is 1.74. The second-order valence-electron chi connectivity index (χ2n) is 5.30. The van der Waals surface area contributed by atoms with Crippen LogP contribution >= 0.6 is 0 Å². The number of likely N-dealkylation sites (tertiary alicyclic amines) is 1. The van der Waals surface area contributed by atoms with Gasteiger partial charge in [0.05, 0.1) is 13.6 Å². The van der Waals surface area contributed by atoms with Gasteiger partial charge in [0.2, 0.25) is 0 Å². The van der Waals surface area contributed by atoms with E-state index in [9.17, 15) is 0 Å². The SMILES string of the molecule is CN1CC[C@@H]2CC[C@H](C1)N2Cc1nnn(C)n1. The highest BCUT2D eigenvalue weighted by Crippen LogP contribution is 2.30. The van der Waals surface area contributed by atoms with Crippen molar-refractivity contribution in [2.24, 2.45) is 7.05 Å². The molecule has 0 aromatic carbocycles. The fourth-order valence-corrected chi connectivity index (χ4v) is 3.15. The largest absolute Gasteiger partial charge is 0.305 e. The summed E-state index contributed by atoms with van der Waals surface area (Å²) in [6.45, 7) is 3.25. The number of nitrogens with zero attached hydrogens (tertiary/aromatic N) is 6. The van der Waals surface area contributed by atoms with E-state index in [1.54, 1.807) is 4.80 Å². The second kappa shape index (κ2) is 4.34. The molecule has 2 aliphatic heterocycles. The molecule has 2 saturated heterocycles. The minimum Gasteiger partial charge on any atom is -0.305 e. The summed E-state index contributed by atoms with van der Waals surface area (Å²) >= 11 is 0. The Bertz CT molecular complexity index is 389. The summed E-state index contributed by atoms with van der Waals surface area (Å²) in [6.07, 6.45) is 3.92. The highest BCUT2D eigenvalue weighted by Gasteiger charge is 2.36. The number of aryl methyl sites for hydroxylation is 1. The number of tetrazole rings is 1. The average Bonchev–Trinajstić information content (AvgIpc) is 2.79. The van der Waals surface area contributed by atoms with Crippen LogP contribution in [0.1, 0.15) is 25.1 Å². The molecule has 0 spiro atoms. The van der Waals surface area contributed by atoms with Crippen molar-refractivity contribution in [1.82, 2.24) is 30.0 Å². The lowest BCUT2D eigenvalue weighted by molar-refractivity contribution is 0.179. The zero-order valence-corrected chi connectivity index (χ0v) is 10.6. The van der Waals surface area contributed by atoms with E-state index >= 15 is 0 Å². The van der Waals surface area contributed by atoms with Crippen LogP contribution in [0.15, 0.2) is 0 Å². The first kappa shape index (κ1) is 11.1. The van der Waals surface area contributed by atoms with E-state index in [4.69, 9.17) is 0 Å². The summed E-state index contributed by atoms with van der Waals surface area (Å²) < 4.78 is 0. The van der Waals surface area contributed by atoms with Crippen molar-refractivity contribution in [2.75, 3.05) is 20.1 Å². The van der Waals surface area contributed by atoms with E-state index < -0.39 is 0 Å². The first-order valence-electron chi connectivity index (χ1n) is 6.39. The smallest absolute Gasteiger partial charge is 0.188 e. The second-order valence-corrected chi connectivity index (χ2v) is 5.30. The number of rotatable bonds is 2. The lowest BCUT2D eigenvalue weighted by Crippen LogP contribution is -2.38. The first-order chi connectivity index (χ1) is 8.22. The standard InChI is InChI=1S/C11H20N6/c1-15-6-5-9-3-4-10(7-15)17(9)8-11-12-14-16(2)13-11/h9-10H,3-8H2,1-2H3/t9-,10+/m0/s1. The molecule has 2 atom stereocenters. The fraction of sp³-hybridized carbons (Fsp3) is 0.909. The van der Waals surface area contributed by atoms with Crippen molar-refractivity contribution in [2.45, 2.75) is 37.9 Å². The summed E-state index contributed by atoms with van der Waals surface area (Å²) in [6, 6.07) is 1.39. The lowest BCUT2D eigenvalue weighted by atomic mass is 10.1. The van der Waals surface area contributed by atoms with Crippen LogP contribution < -0.4 is 0 Å². The van der Waals surface area contributed by atoms with E-state index in [0.29, 0.717) is 12.1 Å². The van der Waals surface area contributed by atoms with Crippen LogP contribution in [-0.4, -0.2) is 62.2 Å². The van der Waals surface area contributed by atoms with Gasteiger partial charge in [0, 0.05) is 18.6 Å². The molecular weight excluding hydrogens is 216 g/mol. The number of hydrogen-bond acceptors (Lipinski definition) is 5. The molecule has 17 heavy (non-hydrogen) atoms. The Morgan fingerprint density at radius 1 is 1.18 bits per heavy atom. The van der Waals surface area contributed by atoms with Crippen LogP contribution in [0, 0.1) is 0 Å². The Morgan fingerprint density at radius 3 is 2.76 bits per heavy atom. The molecule has 1 aromatic rings. The fourth-order valence-electron chi connectivity index (χ4n) is 3.15. The number of hydrogen-bond donors (Lipinski definition) is 0. The zero-order valence-electron chi connectivity index (χ0n) is 10.6. The van der Waals surface area contributed by atoms with Crippen molar-refractivity contribution < 1.29 is 0 Å². The van der Waals surface area contributed by atoms with Gasteiger partial charge in [0.15, 0.2) is 5.82 Å². The minimum absolute atomic E-state index is 0.677. The molecule has 6 heteroatoms. The van der Waals surface area contributed by atoms with Gasteiger partial charge in [-0.25, -0.2) is 0 Å². The van der Waals surface area contributed by atoms with Gasteiger partial charge in [-0.3, -0.25) is 4.90 Å². The Morgan fingerprint density at radius 2 is 2.00 bits per heavy atom. The average molecular weight is 236 g/mol. The normalized spacial score (nSPS) is 30.7. The molecule has 3 heterocycles. The van der Waals surface area contributed by atoms with Crippen molar-refractivity contribution in [3.05, 3.63) is 5.82 Å². The molecule has 1 aromatic heterocycles. The summed E-state index contributed by atoms with van der Waals surface area (Å²) in [5, 5.41) is 12.3. The van der Waals surface area contributed by atoms with Crippen LogP contribution in [0.3, 0.4) is 0 Å². The summed E-state index contributed by atoms with van der Waals surface area (Å²) in [4.78, 5) is 6.57. The topological polar surface area (TPSA) is 50.1 Å². The molecule has 0 aliphatic carbocycles. The maximum Gasteiger partial charge on any atom is 0.188 e. The molecule has 0 N–H and O–H groups in total. The van der Waals surface area contributed by atoms with E-state index in [0.717, 1.165) is 12.4 Å². The van der Waals surface area contributed by atoms with Crippen LogP contribution in [0.4, 0.5) is 0 Å². The molecule has 2 bridgehead atoms. The maximum absolute atomic E-state index is 4.29. The van der Waals surface area contributed by atoms with Crippen LogP contribution in [0.2, 0.25) is 0 Å². The molecule has 0 saturated carbocycles. The van der Waals surface area contributed by atoms with E-state index in [-0.39, 0.29) is 0 Å². The molecule has 0 amide bonds. The van der Waals surface area contributed by atoms with Crippen LogP contribution in [0.5, 0.6) is 0 Å². The monoisotopic (exact) mass is 236 g/mol. The van der Waals surface area contributed by atoms with Gasteiger partial charge < -0.3 is 4.90 Å². The highest BCUT2D eigenvalue weighted by atomic mass is 15.6. The predicted octanol–water partition coefficient (Wildman–Crippen LogP) is -0.121. The van der Waals surface area contributed by atoms with Gasteiger partial charge in [-0.1, -0.05) is 0 Å². The molecule has 0 unspecified atom stereocenters. The molecule has 3 rings (SSSR count). The van der Waals surface area contributed by atoms with E-state index in [2.05, 4.69) is 32.3 Å². The Kier molecular flexibility index (Phi) is 2.84. The van der Waals surface area contributed by atoms with Gasteiger partial charge in [-0.05, 0) is 38.1 Å². The van der Waals surface area contributed by atoms with E-state index in [1.165, 1.54) is 32.4 Å². The molecule has 0 radical (unpaired) electrons. The van der Waals surface area contributed by atoms with Crippen LogP contribution in [-0.2, 0) is 13.6 Å². The summed E-state index contributed by atoms with van der Waals surface area (Å²) in [5.41, 5.74) is 0. The summed E-state index contributed by atoms with van der Waals surface area (Å²) in [7, 11) is 4.04. The molecule has 2 aliphatic rings. The van der Waals surface area contributed by atoms with Crippen molar-refractivity contribution in [1.29, 1.82) is 0 Å². The molecular formula is C11H20N6. The van der Waals surface area contributed by atoms with Crippen LogP contribution in [0.25, 0.3) is 0 Å². The zero-order chi connectivity index (χ0) is 11.8. The predicted molar refractivity (Wildman–Crippen MR) is 63.3 cm³/mol. The molecule has 94 valence electrons. The quantitative estimate of drug-likeness (QED) is 0.716. The van der Waals surface area contributed by atoms with Gasteiger partial charge >= 0.3 is 0 Å². The van der Waals surface area contributed by atoms with Gasteiger partial charge in [-0.2, -0.15) is 4.80 Å². The van der Waals surface area contributed by atoms with Gasteiger partial charge in [0.1, 0.15) is 0 Å². The number of fused-ring (bicyclic) bond motifs is 2. The van der Waals surface area contributed by atoms with Gasteiger partial charge in [-0.15, -0.1) is 10.2 Å². The first-order valence-corrected chi connectivity index (χ1v) is 6.39. The molecule has 2 fully saturated rings. The van der Waals surface area contributed by atoms with Gasteiger partial charge in [0.25, 0.3) is 0 Å². The third-order valence-electron chi connectivity index (χ3n) is 4.01. The number of aromatic nitrogens is 4. The van der Waals surface area contributed by atoms with Crippen molar-refractivity contribution >= 4 is 0 Å². The third kappa shape index (κ3) is 2.19. The lowest BCUT2D eigenvalue weighted by Gasteiger charge is -2.26. The Labute approximate surface area is 102 Å². The Hall–Kier alpha value is -1.01. The maximum atomic E-state index is 4.29. The minimum atomic E-state index is 0.677. The van der Waals surface area contributed by atoms with E-state index in [1.807, 2.05) is 7.05 Å². The molecule has 6 nitrogen and oxygen atoms in total.